The Bertz CT molecular complexity index is 1140. The molecule has 0 atom stereocenters. The maximum Gasteiger partial charge on any atom is 0.281 e. The van der Waals surface area contributed by atoms with Crippen molar-refractivity contribution in [2.24, 2.45) is 4.99 Å². The minimum atomic E-state index is -0.0249. The molecule has 0 saturated carbocycles. The Morgan fingerprint density at radius 2 is 1.61 bits per heavy atom. The summed E-state index contributed by atoms with van der Waals surface area (Å²) in [5.41, 5.74) is 4.38. The number of ether oxygens (including phenoxy) is 1. The highest BCUT2D eigenvalue weighted by atomic mass is 16.5. The van der Waals surface area contributed by atoms with Crippen LogP contribution in [0.3, 0.4) is 0 Å². The van der Waals surface area contributed by atoms with Gasteiger partial charge in [0.05, 0.1) is 44.2 Å². The normalized spacial score (nSPS) is 17.5. The number of para-hydroxylation sites is 2. The highest BCUT2D eigenvalue weighted by molar-refractivity contribution is 6.54. The lowest BCUT2D eigenvalue weighted by Crippen LogP contribution is -3.16. The summed E-state index contributed by atoms with van der Waals surface area (Å²) in [6.45, 7) is 7.18. The number of amides is 1. The number of carbonyl (C=O) groups is 1. The van der Waals surface area contributed by atoms with Gasteiger partial charge in [0, 0.05) is 11.3 Å². The van der Waals surface area contributed by atoms with Crippen LogP contribution in [-0.4, -0.2) is 51.1 Å². The highest BCUT2D eigenvalue weighted by Crippen LogP contribution is 2.30. The lowest BCUT2D eigenvalue weighted by Gasteiger charge is -2.35. The van der Waals surface area contributed by atoms with Crippen LogP contribution in [0.4, 0.5) is 17.1 Å². The van der Waals surface area contributed by atoms with Crippen molar-refractivity contribution in [2.75, 3.05) is 49.3 Å². The van der Waals surface area contributed by atoms with E-state index in [2.05, 4.69) is 29.2 Å². The van der Waals surface area contributed by atoms with Crippen molar-refractivity contribution < 1.29 is 14.4 Å². The van der Waals surface area contributed by atoms with Crippen molar-refractivity contribution in [3.63, 3.8) is 0 Å². The Balaban J connectivity index is 1.31. The van der Waals surface area contributed by atoms with Gasteiger partial charge in [-0.15, -0.1) is 0 Å². The molecule has 0 aromatic heterocycles. The van der Waals surface area contributed by atoms with E-state index in [1.54, 1.807) is 0 Å². The standard InChI is InChI=1S/C27H28N4O2/c1-2-33-23-14-12-21(13-15-23)28-26-24-10-6-7-11-25(24)31(27(26)32)20-29-16-18-30(19-17-29)22-8-4-3-5-9-22/h3-15H,2,16-20H2,1H3/p+1. The van der Waals surface area contributed by atoms with Gasteiger partial charge in [-0.25, -0.2) is 4.99 Å². The largest absolute Gasteiger partial charge is 0.494 e. The Kier molecular flexibility index (Phi) is 6.09. The molecule has 6 nitrogen and oxygen atoms in total. The molecule has 33 heavy (non-hydrogen) atoms. The Morgan fingerprint density at radius 1 is 0.909 bits per heavy atom. The first-order valence-corrected chi connectivity index (χ1v) is 11.6. The van der Waals surface area contributed by atoms with Gasteiger partial charge in [0.1, 0.15) is 11.5 Å². The van der Waals surface area contributed by atoms with Crippen LogP contribution in [0.1, 0.15) is 12.5 Å². The first kappa shape index (κ1) is 21.2. The maximum atomic E-state index is 13.4. The number of aliphatic imine (C=N–C) groups is 1. The summed E-state index contributed by atoms with van der Waals surface area (Å²) in [6.07, 6.45) is 0. The van der Waals surface area contributed by atoms with Crippen LogP contribution < -0.4 is 19.4 Å². The van der Waals surface area contributed by atoms with E-state index in [1.807, 2.05) is 66.4 Å². The van der Waals surface area contributed by atoms with Crippen molar-refractivity contribution in [2.45, 2.75) is 6.92 Å². The fourth-order valence-corrected chi connectivity index (χ4v) is 4.54. The van der Waals surface area contributed by atoms with Crippen molar-refractivity contribution >= 4 is 28.7 Å². The summed E-state index contributed by atoms with van der Waals surface area (Å²) in [5, 5.41) is 0. The van der Waals surface area contributed by atoms with Gasteiger partial charge in [-0.2, -0.15) is 0 Å². The molecule has 5 rings (SSSR count). The number of hydrogen-bond donors (Lipinski definition) is 1. The quantitative estimate of drug-likeness (QED) is 0.640. The SMILES string of the molecule is CCOc1ccc(N=C2C(=O)N(C[NH+]3CCN(c4ccccc4)CC3)c3ccccc32)cc1. The van der Waals surface area contributed by atoms with Crippen molar-refractivity contribution in [1.29, 1.82) is 0 Å². The van der Waals surface area contributed by atoms with Gasteiger partial charge >= 0.3 is 0 Å². The summed E-state index contributed by atoms with van der Waals surface area (Å²) in [7, 11) is 0. The third kappa shape index (κ3) is 4.47. The second-order valence-corrected chi connectivity index (χ2v) is 8.37. The molecule has 168 valence electrons. The van der Waals surface area contributed by atoms with E-state index in [-0.39, 0.29) is 5.91 Å². The fourth-order valence-electron chi connectivity index (χ4n) is 4.54. The molecule has 0 radical (unpaired) electrons. The lowest BCUT2D eigenvalue weighted by atomic mass is 10.1. The average molecular weight is 442 g/mol. The predicted octanol–water partition coefficient (Wildman–Crippen LogP) is 2.92. The van der Waals surface area contributed by atoms with E-state index in [0.717, 1.165) is 48.9 Å². The van der Waals surface area contributed by atoms with Crippen LogP contribution in [-0.2, 0) is 4.79 Å². The molecule has 0 bridgehead atoms. The fraction of sp³-hybridized carbons (Fsp3) is 0.259. The number of nitrogens with one attached hydrogen (secondary N) is 1. The van der Waals surface area contributed by atoms with E-state index < -0.39 is 0 Å². The minimum absolute atomic E-state index is 0.0249. The van der Waals surface area contributed by atoms with Gasteiger partial charge in [-0.05, 0) is 49.4 Å². The number of quaternary nitrogens is 1. The number of nitrogens with zero attached hydrogens (tertiary/aromatic N) is 3. The minimum Gasteiger partial charge on any atom is -0.494 e. The van der Waals surface area contributed by atoms with Gasteiger partial charge in [0.15, 0.2) is 6.67 Å². The lowest BCUT2D eigenvalue weighted by molar-refractivity contribution is -0.899. The van der Waals surface area contributed by atoms with Gasteiger partial charge in [-0.1, -0.05) is 36.4 Å². The number of piperazine rings is 1. The molecule has 2 aliphatic rings. The zero-order chi connectivity index (χ0) is 22.6. The molecule has 0 aliphatic carbocycles. The molecular weight excluding hydrogens is 412 g/mol. The summed E-state index contributed by atoms with van der Waals surface area (Å²) >= 11 is 0. The topological polar surface area (TPSA) is 49.6 Å². The van der Waals surface area contributed by atoms with Crippen LogP contribution >= 0.6 is 0 Å². The number of fused-ring (bicyclic) bond motifs is 1. The van der Waals surface area contributed by atoms with Crippen LogP contribution in [0.5, 0.6) is 5.75 Å². The molecular formula is C27H29N4O2+. The maximum absolute atomic E-state index is 13.4. The summed E-state index contributed by atoms with van der Waals surface area (Å²) < 4.78 is 5.52. The number of benzene rings is 3. The third-order valence-electron chi connectivity index (χ3n) is 6.26. The predicted molar refractivity (Wildman–Crippen MR) is 132 cm³/mol. The molecule has 6 heteroatoms. The number of rotatable bonds is 6. The molecule has 1 N–H and O–H groups in total. The molecule has 2 heterocycles. The summed E-state index contributed by atoms with van der Waals surface area (Å²) in [4.78, 5) is 23.9. The van der Waals surface area contributed by atoms with Crippen molar-refractivity contribution in [1.82, 2.24) is 0 Å². The molecule has 3 aromatic rings. The Morgan fingerprint density at radius 3 is 2.33 bits per heavy atom. The zero-order valence-corrected chi connectivity index (χ0v) is 18.9. The van der Waals surface area contributed by atoms with E-state index in [9.17, 15) is 4.79 Å². The van der Waals surface area contributed by atoms with Crippen LogP contribution in [0.15, 0.2) is 83.9 Å². The smallest absolute Gasteiger partial charge is 0.281 e. The molecule has 0 spiro atoms. The molecule has 2 aliphatic heterocycles. The second-order valence-electron chi connectivity index (χ2n) is 8.37. The third-order valence-corrected chi connectivity index (χ3v) is 6.26. The summed E-state index contributed by atoms with van der Waals surface area (Å²) in [5.74, 6) is 0.780. The van der Waals surface area contributed by atoms with E-state index in [1.165, 1.54) is 10.6 Å². The van der Waals surface area contributed by atoms with Crippen molar-refractivity contribution in [3.05, 3.63) is 84.4 Å². The van der Waals surface area contributed by atoms with Gasteiger partial charge in [0.25, 0.3) is 5.91 Å². The number of anilines is 2. The first-order valence-electron chi connectivity index (χ1n) is 11.6. The number of carbonyl (C=O) groups excluding carboxylic acids is 1. The Hall–Kier alpha value is -3.64. The highest BCUT2D eigenvalue weighted by Gasteiger charge is 2.36. The average Bonchev–Trinajstić information content (AvgIpc) is 3.12. The van der Waals surface area contributed by atoms with Crippen LogP contribution in [0, 0.1) is 0 Å². The van der Waals surface area contributed by atoms with E-state index in [0.29, 0.717) is 19.0 Å². The van der Waals surface area contributed by atoms with Gasteiger partial charge < -0.3 is 14.5 Å². The van der Waals surface area contributed by atoms with Crippen LogP contribution in [0.25, 0.3) is 0 Å². The van der Waals surface area contributed by atoms with Gasteiger partial charge in [-0.3, -0.25) is 9.69 Å². The molecule has 3 aromatic carbocycles. The monoisotopic (exact) mass is 441 g/mol. The zero-order valence-electron chi connectivity index (χ0n) is 18.9. The van der Waals surface area contributed by atoms with E-state index in [4.69, 9.17) is 9.73 Å². The molecule has 1 amide bonds. The first-order chi connectivity index (χ1) is 16.2. The van der Waals surface area contributed by atoms with Gasteiger partial charge in [0.2, 0.25) is 0 Å². The molecule has 1 saturated heterocycles. The van der Waals surface area contributed by atoms with E-state index >= 15 is 0 Å². The second kappa shape index (κ2) is 9.46. The molecule has 1 fully saturated rings. The number of hydrogen-bond acceptors (Lipinski definition) is 4. The Labute approximate surface area is 194 Å². The molecule has 0 unspecified atom stereocenters. The van der Waals surface area contributed by atoms with Crippen LogP contribution in [0.2, 0.25) is 0 Å². The van der Waals surface area contributed by atoms with Crippen molar-refractivity contribution in [3.8, 4) is 5.75 Å². The summed E-state index contributed by atoms with van der Waals surface area (Å²) in [6, 6.07) is 26.1.